The van der Waals surface area contributed by atoms with Crippen LogP contribution < -0.4 is 0 Å². The highest BCUT2D eigenvalue weighted by Gasteiger charge is 2.27. The molecule has 0 saturated heterocycles. The Morgan fingerprint density at radius 3 is 2.29 bits per heavy atom. The number of hydrogen-bond acceptors (Lipinski definition) is 2. The molecule has 0 aromatic carbocycles. The third-order valence-corrected chi connectivity index (χ3v) is 2.94. The molecule has 0 aromatic rings. The van der Waals surface area contributed by atoms with E-state index in [1.165, 1.54) is 12.8 Å². The minimum atomic E-state index is -0.425. The van der Waals surface area contributed by atoms with Crippen LogP contribution in [0.5, 0.6) is 0 Å². The van der Waals surface area contributed by atoms with Crippen LogP contribution in [0.15, 0.2) is 0 Å². The Morgan fingerprint density at radius 2 is 1.93 bits per heavy atom. The molecule has 3 heteroatoms. The van der Waals surface area contributed by atoms with E-state index < -0.39 is 5.41 Å². The van der Waals surface area contributed by atoms with Crippen LogP contribution in [0.2, 0.25) is 0 Å². The number of carbonyl (C=O) groups excluding carboxylic acids is 1. The minimum absolute atomic E-state index is 0.243. The summed E-state index contributed by atoms with van der Waals surface area (Å²) in [6, 6.07) is 0. The Balaban J connectivity index is 4.09. The van der Waals surface area contributed by atoms with E-state index in [2.05, 4.69) is 18.7 Å². The van der Waals surface area contributed by atoms with Crippen molar-refractivity contribution in [2.24, 2.45) is 5.41 Å². The average molecular weight is 220 g/mol. The molecule has 0 rings (SSSR count). The zero-order chi connectivity index (χ0) is 11.2. The van der Waals surface area contributed by atoms with E-state index in [1.807, 2.05) is 13.8 Å². The fourth-order valence-corrected chi connectivity index (χ4v) is 1.41. The molecule has 0 aliphatic rings. The van der Waals surface area contributed by atoms with E-state index in [0.29, 0.717) is 0 Å². The average Bonchev–Trinajstić information content (AvgIpc) is 2.11. The van der Waals surface area contributed by atoms with Gasteiger partial charge in [0.15, 0.2) is 0 Å². The summed E-state index contributed by atoms with van der Waals surface area (Å²) >= 11 is 5.54. The van der Waals surface area contributed by atoms with Crippen molar-refractivity contribution in [3.8, 4) is 0 Å². The SMILES string of the molecule is CCCCN(CC)CC(C)(C)C(=O)Cl. The first kappa shape index (κ1) is 13.9. The third-order valence-electron chi connectivity index (χ3n) is 2.43. The van der Waals surface area contributed by atoms with Gasteiger partial charge in [-0.2, -0.15) is 0 Å². The van der Waals surface area contributed by atoms with Crippen molar-refractivity contribution >= 4 is 16.8 Å². The lowest BCUT2D eigenvalue weighted by Crippen LogP contribution is -2.38. The normalized spacial score (nSPS) is 12.1. The number of nitrogens with zero attached hydrogens (tertiary/aromatic N) is 1. The van der Waals surface area contributed by atoms with Crippen LogP contribution in [-0.2, 0) is 4.79 Å². The molecule has 84 valence electrons. The molecule has 0 aliphatic heterocycles. The standard InChI is InChI=1S/C11H22ClNO/c1-5-7-8-13(6-2)9-11(3,4)10(12)14/h5-9H2,1-4H3. The van der Waals surface area contributed by atoms with Crippen LogP contribution in [0.25, 0.3) is 0 Å². The molecule has 0 spiro atoms. The Morgan fingerprint density at radius 1 is 1.36 bits per heavy atom. The van der Waals surface area contributed by atoms with Gasteiger partial charge in [-0.15, -0.1) is 0 Å². The predicted molar refractivity (Wildman–Crippen MR) is 61.7 cm³/mol. The Labute approximate surface area is 92.6 Å². The molecule has 0 fully saturated rings. The highest BCUT2D eigenvalue weighted by molar-refractivity contribution is 6.64. The summed E-state index contributed by atoms with van der Waals surface area (Å²) in [5, 5.41) is -0.243. The van der Waals surface area contributed by atoms with E-state index in [9.17, 15) is 4.79 Å². The molecule has 2 nitrogen and oxygen atoms in total. The van der Waals surface area contributed by atoms with Gasteiger partial charge in [0, 0.05) is 6.54 Å². The van der Waals surface area contributed by atoms with Crippen molar-refractivity contribution in [2.45, 2.75) is 40.5 Å². The van der Waals surface area contributed by atoms with Gasteiger partial charge in [-0.05, 0) is 31.1 Å². The van der Waals surface area contributed by atoms with Gasteiger partial charge in [0.1, 0.15) is 0 Å². The summed E-state index contributed by atoms with van der Waals surface area (Å²) < 4.78 is 0. The Kier molecular flexibility index (Phi) is 6.38. The first-order valence-corrected chi connectivity index (χ1v) is 5.74. The van der Waals surface area contributed by atoms with Crippen LogP contribution >= 0.6 is 11.6 Å². The highest BCUT2D eigenvalue weighted by atomic mass is 35.5. The van der Waals surface area contributed by atoms with E-state index >= 15 is 0 Å². The quantitative estimate of drug-likeness (QED) is 0.614. The molecule has 0 atom stereocenters. The smallest absolute Gasteiger partial charge is 0.228 e. The molecule has 0 N–H and O–H groups in total. The summed E-state index contributed by atoms with van der Waals surface area (Å²) in [6.07, 6.45) is 2.37. The van der Waals surface area contributed by atoms with E-state index in [0.717, 1.165) is 19.6 Å². The van der Waals surface area contributed by atoms with Crippen LogP contribution in [0.4, 0.5) is 0 Å². The van der Waals surface area contributed by atoms with E-state index in [-0.39, 0.29) is 5.24 Å². The number of halogens is 1. The van der Waals surface area contributed by atoms with Gasteiger partial charge in [-0.25, -0.2) is 0 Å². The van der Waals surface area contributed by atoms with Crippen molar-refractivity contribution in [3.63, 3.8) is 0 Å². The monoisotopic (exact) mass is 219 g/mol. The van der Waals surface area contributed by atoms with Gasteiger partial charge >= 0.3 is 0 Å². The molecule has 0 radical (unpaired) electrons. The summed E-state index contributed by atoms with van der Waals surface area (Å²) in [5.74, 6) is 0. The van der Waals surface area contributed by atoms with E-state index in [4.69, 9.17) is 11.6 Å². The topological polar surface area (TPSA) is 20.3 Å². The molecule has 0 saturated carbocycles. The second-order valence-corrected chi connectivity index (χ2v) is 4.72. The molecule has 0 amide bonds. The molecule has 14 heavy (non-hydrogen) atoms. The number of carbonyl (C=O) groups is 1. The maximum Gasteiger partial charge on any atom is 0.228 e. The Bertz CT molecular complexity index is 180. The molecule has 0 aromatic heterocycles. The van der Waals surface area contributed by atoms with Crippen molar-refractivity contribution in [3.05, 3.63) is 0 Å². The van der Waals surface area contributed by atoms with E-state index in [1.54, 1.807) is 0 Å². The van der Waals surface area contributed by atoms with Gasteiger partial charge < -0.3 is 4.90 Å². The Hall–Kier alpha value is -0.0800. The second-order valence-electron chi connectivity index (χ2n) is 4.38. The van der Waals surface area contributed by atoms with Gasteiger partial charge in [0.2, 0.25) is 5.24 Å². The maximum absolute atomic E-state index is 11.1. The number of rotatable bonds is 7. The molecule has 0 unspecified atom stereocenters. The molecular formula is C11H22ClNO. The largest absolute Gasteiger partial charge is 0.303 e. The summed E-state index contributed by atoms with van der Waals surface area (Å²) in [5.41, 5.74) is -0.425. The molecular weight excluding hydrogens is 198 g/mol. The maximum atomic E-state index is 11.1. The lowest BCUT2D eigenvalue weighted by molar-refractivity contribution is -0.119. The van der Waals surface area contributed by atoms with Crippen LogP contribution in [0, 0.1) is 5.41 Å². The van der Waals surface area contributed by atoms with Crippen LogP contribution in [0.1, 0.15) is 40.5 Å². The lowest BCUT2D eigenvalue weighted by Gasteiger charge is -2.29. The van der Waals surface area contributed by atoms with Crippen molar-refractivity contribution in [1.82, 2.24) is 4.90 Å². The van der Waals surface area contributed by atoms with Gasteiger partial charge in [0.05, 0.1) is 5.41 Å². The zero-order valence-corrected chi connectivity index (χ0v) is 10.5. The first-order valence-electron chi connectivity index (χ1n) is 5.36. The van der Waals surface area contributed by atoms with Crippen LogP contribution in [-0.4, -0.2) is 29.8 Å². The minimum Gasteiger partial charge on any atom is -0.303 e. The van der Waals surface area contributed by atoms with Crippen molar-refractivity contribution < 1.29 is 4.79 Å². The summed E-state index contributed by atoms with van der Waals surface area (Å²) in [4.78, 5) is 13.4. The molecule has 0 aliphatic carbocycles. The first-order chi connectivity index (χ1) is 6.44. The fraction of sp³-hybridized carbons (Fsp3) is 0.909. The van der Waals surface area contributed by atoms with Gasteiger partial charge in [0.25, 0.3) is 0 Å². The molecule has 0 bridgehead atoms. The van der Waals surface area contributed by atoms with Crippen LogP contribution in [0.3, 0.4) is 0 Å². The van der Waals surface area contributed by atoms with Gasteiger partial charge in [-0.3, -0.25) is 4.79 Å². The van der Waals surface area contributed by atoms with Crippen molar-refractivity contribution in [2.75, 3.05) is 19.6 Å². The second kappa shape index (κ2) is 6.41. The zero-order valence-electron chi connectivity index (χ0n) is 9.77. The van der Waals surface area contributed by atoms with Crippen molar-refractivity contribution in [1.29, 1.82) is 0 Å². The number of hydrogen-bond donors (Lipinski definition) is 0. The third kappa shape index (κ3) is 4.97. The summed E-state index contributed by atoms with van der Waals surface area (Å²) in [6.45, 7) is 10.9. The summed E-state index contributed by atoms with van der Waals surface area (Å²) in [7, 11) is 0. The predicted octanol–water partition coefficient (Wildman–Crippen LogP) is 2.90. The highest BCUT2D eigenvalue weighted by Crippen LogP contribution is 2.20. The molecule has 0 heterocycles. The lowest BCUT2D eigenvalue weighted by atomic mass is 9.94. The number of unbranched alkanes of at least 4 members (excludes halogenated alkanes) is 1. The van der Waals surface area contributed by atoms with Gasteiger partial charge in [-0.1, -0.05) is 34.1 Å². The fourth-order valence-electron chi connectivity index (χ4n) is 1.35.